The molecule has 5 nitrogen and oxygen atoms in total. The van der Waals surface area contributed by atoms with Crippen molar-refractivity contribution < 1.29 is 9.21 Å². The molecule has 1 atom stereocenters. The van der Waals surface area contributed by atoms with Crippen molar-refractivity contribution in [1.29, 1.82) is 5.26 Å². The molecule has 0 spiro atoms. The summed E-state index contributed by atoms with van der Waals surface area (Å²) < 4.78 is 6.09. The molecule has 1 aliphatic heterocycles. The standard InChI is InChI=1S/C24H19Cl2N3O2S/c1-13(2)14-3-6-16(7-4-14)29-22(28-23(30)17(12-27)24(29)32)21-10-9-20(31-21)15-5-8-18(25)19(26)11-15/h3-11,13,22,32H,1-2H3,(H,28,30). The second-order valence-corrected chi connectivity index (χ2v) is 8.87. The van der Waals surface area contributed by atoms with Gasteiger partial charge in [0.2, 0.25) is 0 Å². The summed E-state index contributed by atoms with van der Waals surface area (Å²) in [5.41, 5.74) is 2.63. The van der Waals surface area contributed by atoms with E-state index < -0.39 is 12.1 Å². The predicted octanol–water partition coefficient (Wildman–Crippen LogP) is 6.68. The fraction of sp³-hybridized carbons (Fsp3) is 0.167. The molecule has 2 aromatic carbocycles. The highest BCUT2D eigenvalue weighted by atomic mass is 35.5. The number of thiol groups is 1. The third-order valence-electron chi connectivity index (χ3n) is 5.25. The van der Waals surface area contributed by atoms with Crippen LogP contribution in [0.15, 0.2) is 69.6 Å². The second-order valence-electron chi connectivity index (χ2n) is 7.63. The molecule has 8 heteroatoms. The van der Waals surface area contributed by atoms with Crippen molar-refractivity contribution in [2.24, 2.45) is 0 Å². The summed E-state index contributed by atoms with van der Waals surface area (Å²) in [5, 5.41) is 13.5. The van der Waals surface area contributed by atoms with Gasteiger partial charge in [0.25, 0.3) is 5.91 Å². The highest BCUT2D eigenvalue weighted by Gasteiger charge is 2.35. The molecule has 0 aliphatic carbocycles. The molecule has 0 saturated heterocycles. The fourth-order valence-corrected chi connectivity index (χ4v) is 4.18. The number of carbonyl (C=O) groups is 1. The number of nitrogens with zero attached hydrogens (tertiary/aromatic N) is 2. The molecular formula is C24H19Cl2N3O2S. The van der Waals surface area contributed by atoms with Gasteiger partial charge in [-0.3, -0.25) is 4.79 Å². The Bertz CT molecular complexity index is 1260. The number of benzene rings is 2. The van der Waals surface area contributed by atoms with Crippen molar-refractivity contribution in [3.63, 3.8) is 0 Å². The third kappa shape index (κ3) is 4.12. The Hall–Kier alpha value is -2.85. The first-order valence-corrected chi connectivity index (χ1v) is 11.1. The predicted molar refractivity (Wildman–Crippen MR) is 130 cm³/mol. The highest BCUT2D eigenvalue weighted by molar-refractivity contribution is 7.84. The molecule has 0 saturated carbocycles. The Kier molecular flexibility index (Phi) is 6.25. The van der Waals surface area contributed by atoms with Crippen LogP contribution in [0.4, 0.5) is 5.69 Å². The van der Waals surface area contributed by atoms with Crippen molar-refractivity contribution in [2.45, 2.75) is 25.9 Å². The summed E-state index contributed by atoms with van der Waals surface area (Å²) in [6.07, 6.45) is -0.687. The van der Waals surface area contributed by atoms with Gasteiger partial charge < -0.3 is 14.6 Å². The van der Waals surface area contributed by atoms with E-state index in [1.165, 1.54) is 5.56 Å². The van der Waals surface area contributed by atoms with E-state index in [0.29, 0.717) is 27.5 Å². The number of nitriles is 1. The first-order valence-electron chi connectivity index (χ1n) is 9.88. The van der Waals surface area contributed by atoms with Gasteiger partial charge in [-0.15, -0.1) is 12.6 Å². The van der Waals surface area contributed by atoms with Gasteiger partial charge in [-0.25, -0.2) is 0 Å². The molecular weight excluding hydrogens is 465 g/mol. The average molecular weight is 484 g/mol. The molecule has 1 unspecified atom stereocenters. The minimum atomic E-state index is -0.687. The first-order chi connectivity index (χ1) is 15.3. The van der Waals surface area contributed by atoms with Crippen molar-refractivity contribution in [1.82, 2.24) is 5.32 Å². The molecule has 162 valence electrons. The Balaban J connectivity index is 1.77. The summed E-state index contributed by atoms with van der Waals surface area (Å²) in [6.45, 7) is 4.23. The van der Waals surface area contributed by atoms with Crippen LogP contribution in [-0.4, -0.2) is 5.91 Å². The van der Waals surface area contributed by atoms with Crippen LogP contribution in [0, 0.1) is 11.3 Å². The SMILES string of the molecule is CC(C)c1ccc(N2C(S)=C(C#N)C(=O)NC2c2ccc(-c3ccc(Cl)c(Cl)c3)o2)cc1. The molecule has 32 heavy (non-hydrogen) atoms. The van der Waals surface area contributed by atoms with Gasteiger partial charge >= 0.3 is 0 Å². The molecule has 0 fully saturated rings. The van der Waals surface area contributed by atoms with Crippen LogP contribution >= 0.6 is 35.8 Å². The van der Waals surface area contributed by atoms with Crippen LogP contribution in [0.1, 0.15) is 37.3 Å². The maximum Gasteiger partial charge on any atom is 0.266 e. The normalized spacial score (nSPS) is 16.3. The van der Waals surface area contributed by atoms with E-state index in [1.807, 2.05) is 30.3 Å². The lowest BCUT2D eigenvalue weighted by molar-refractivity contribution is -0.118. The smallest absolute Gasteiger partial charge is 0.266 e. The summed E-state index contributed by atoms with van der Waals surface area (Å²) in [7, 11) is 0. The second kappa shape index (κ2) is 8.95. The zero-order valence-electron chi connectivity index (χ0n) is 17.3. The number of carbonyl (C=O) groups excluding carboxylic acids is 1. The van der Waals surface area contributed by atoms with Crippen LogP contribution in [0.2, 0.25) is 10.0 Å². The van der Waals surface area contributed by atoms with Crippen LogP contribution in [0.5, 0.6) is 0 Å². The molecule has 1 amide bonds. The number of hydrogen-bond donors (Lipinski definition) is 2. The zero-order chi connectivity index (χ0) is 23.0. The third-order valence-corrected chi connectivity index (χ3v) is 6.43. The molecule has 4 rings (SSSR count). The summed E-state index contributed by atoms with van der Waals surface area (Å²) in [4.78, 5) is 14.3. The summed E-state index contributed by atoms with van der Waals surface area (Å²) >= 11 is 16.7. The van der Waals surface area contributed by atoms with Crippen LogP contribution < -0.4 is 10.2 Å². The van der Waals surface area contributed by atoms with Gasteiger partial charge in [-0.2, -0.15) is 5.26 Å². The number of hydrogen-bond acceptors (Lipinski definition) is 5. The van der Waals surface area contributed by atoms with Crippen LogP contribution in [-0.2, 0) is 4.79 Å². The molecule has 1 aliphatic rings. The minimum Gasteiger partial charge on any atom is -0.457 e. The van der Waals surface area contributed by atoms with Crippen LogP contribution in [0.3, 0.4) is 0 Å². The topological polar surface area (TPSA) is 69.3 Å². The maximum absolute atomic E-state index is 12.6. The largest absolute Gasteiger partial charge is 0.457 e. The van der Waals surface area contributed by atoms with Gasteiger partial charge in [0.05, 0.1) is 15.1 Å². The molecule has 2 heterocycles. The minimum absolute atomic E-state index is 0.0613. The van der Waals surface area contributed by atoms with Gasteiger partial charge in [-0.1, -0.05) is 49.2 Å². The number of nitrogens with one attached hydrogen (secondary N) is 1. The quantitative estimate of drug-likeness (QED) is 0.406. The van der Waals surface area contributed by atoms with E-state index in [9.17, 15) is 10.1 Å². The number of halogens is 2. The summed E-state index contributed by atoms with van der Waals surface area (Å²) in [5.74, 6) is 0.917. The Morgan fingerprint density at radius 1 is 1.09 bits per heavy atom. The van der Waals surface area contributed by atoms with Gasteiger partial charge in [0.1, 0.15) is 23.2 Å². The Labute approximate surface area is 201 Å². The van der Waals surface area contributed by atoms with Gasteiger partial charge in [0, 0.05) is 11.3 Å². The number of furan rings is 1. The van der Waals surface area contributed by atoms with Crippen LogP contribution in [0.25, 0.3) is 11.3 Å². The van der Waals surface area contributed by atoms with Gasteiger partial charge in [-0.05, 0) is 53.9 Å². The van der Waals surface area contributed by atoms with Crippen molar-refractivity contribution >= 4 is 47.4 Å². The Morgan fingerprint density at radius 3 is 2.44 bits per heavy atom. The fourth-order valence-electron chi connectivity index (χ4n) is 3.50. The number of rotatable bonds is 4. The maximum atomic E-state index is 12.6. The summed E-state index contributed by atoms with van der Waals surface area (Å²) in [6, 6.07) is 18.6. The van der Waals surface area contributed by atoms with E-state index in [-0.39, 0.29) is 10.6 Å². The first kappa shape index (κ1) is 22.3. The Morgan fingerprint density at radius 2 is 1.81 bits per heavy atom. The number of amides is 1. The lowest BCUT2D eigenvalue weighted by Gasteiger charge is -2.36. The molecule has 0 bridgehead atoms. The number of anilines is 1. The molecule has 1 aromatic heterocycles. The van der Waals surface area contributed by atoms with E-state index in [0.717, 1.165) is 11.3 Å². The van der Waals surface area contributed by atoms with Crippen molar-refractivity contribution in [2.75, 3.05) is 4.90 Å². The molecule has 3 aromatic rings. The van der Waals surface area contributed by atoms with E-state index >= 15 is 0 Å². The van der Waals surface area contributed by atoms with Gasteiger partial charge in [0.15, 0.2) is 6.17 Å². The lowest BCUT2D eigenvalue weighted by Crippen LogP contribution is -2.45. The molecule has 1 N–H and O–H groups in total. The lowest BCUT2D eigenvalue weighted by atomic mass is 10.0. The van der Waals surface area contributed by atoms with E-state index in [4.69, 9.17) is 27.6 Å². The van der Waals surface area contributed by atoms with Crippen molar-refractivity contribution in [3.05, 3.63) is 86.6 Å². The van der Waals surface area contributed by atoms with E-state index in [2.05, 4.69) is 31.8 Å². The zero-order valence-corrected chi connectivity index (χ0v) is 19.7. The van der Waals surface area contributed by atoms with E-state index in [1.54, 1.807) is 35.2 Å². The molecule has 0 radical (unpaired) electrons. The highest BCUT2D eigenvalue weighted by Crippen LogP contribution is 2.38. The average Bonchev–Trinajstić information content (AvgIpc) is 3.26. The van der Waals surface area contributed by atoms with Crippen molar-refractivity contribution in [3.8, 4) is 17.4 Å². The monoisotopic (exact) mass is 483 g/mol.